The van der Waals surface area contributed by atoms with E-state index in [-0.39, 0.29) is 11.4 Å². The maximum absolute atomic E-state index is 11.3. The number of rotatable bonds is 4. The van der Waals surface area contributed by atoms with E-state index in [0.29, 0.717) is 27.2 Å². The number of anilines is 2. The van der Waals surface area contributed by atoms with Crippen LogP contribution in [0.1, 0.15) is 0 Å². The topological polar surface area (TPSA) is 116 Å². The summed E-state index contributed by atoms with van der Waals surface area (Å²) in [6.45, 7) is 0. The average Bonchev–Trinajstić information content (AvgIpc) is 2.39. The number of ether oxygens (including phenoxy) is 2. The summed E-state index contributed by atoms with van der Waals surface area (Å²) in [6, 6.07) is 4.57. The van der Waals surface area contributed by atoms with Crippen molar-refractivity contribution in [1.29, 1.82) is 0 Å². The summed E-state index contributed by atoms with van der Waals surface area (Å²) in [5.74, 6) is 1.22. The van der Waals surface area contributed by atoms with Gasteiger partial charge in [-0.25, -0.2) is 4.98 Å². The van der Waals surface area contributed by atoms with Gasteiger partial charge in [-0.15, -0.1) is 0 Å². The molecule has 7 nitrogen and oxygen atoms in total. The van der Waals surface area contributed by atoms with Gasteiger partial charge in [0.1, 0.15) is 5.82 Å². The molecule has 0 saturated heterocycles. The minimum absolute atomic E-state index is 0.148. The Labute approximate surface area is 119 Å². The predicted octanol–water partition coefficient (Wildman–Crippen LogP) is 1.10. The lowest BCUT2D eigenvalue weighted by Crippen LogP contribution is -2.09. The van der Waals surface area contributed by atoms with E-state index < -0.39 is 0 Å². The number of nitrogens with zero attached hydrogens (tertiary/aromatic N) is 1. The van der Waals surface area contributed by atoms with Crippen molar-refractivity contribution < 1.29 is 9.47 Å². The molecule has 1 heterocycles. The van der Waals surface area contributed by atoms with E-state index in [1.807, 2.05) is 0 Å². The Bertz CT molecular complexity index is 687. The van der Waals surface area contributed by atoms with Crippen LogP contribution in [-0.2, 0) is 0 Å². The lowest BCUT2D eigenvalue weighted by Gasteiger charge is -2.11. The Hall–Kier alpha value is -2.35. The molecule has 106 valence electrons. The predicted molar refractivity (Wildman–Crippen MR) is 77.4 cm³/mol. The van der Waals surface area contributed by atoms with E-state index in [9.17, 15) is 4.79 Å². The molecule has 1 aromatic heterocycles. The van der Waals surface area contributed by atoms with Gasteiger partial charge in [-0.05, 0) is 11.8 Å². The minimum Gasteiger partial charge on any atom is -0.493 e. The molecule has 0 aliphatic rings. The molecule has 0 aliphatic carbocycles. The Morgan fingerprint density at radius 2 is 1.80 bits per heavy atom. The summed E-state index contributed by atoms with van der Waals surface area (Å²) in [5.41, 5.74) is 11.6. The van der Waals surface area contributed by atoms with Gasteiger partial charge in [-0.1, -0.05) is 0 Å². The van der Waals surface area contributed by atoms with Crippen molar-refractivity contribution in [3.8, 4) is 11.5 Å². The highest BCUT2D eigenvalue weighted by molar-refractivity contribution is 7.99. The largest absolute Gasteiger partial charge is 0.493 e. The first kappa shape index (κ1) is 14.1. The first-order chi connectivity index (χ1) is 9.53. The third-order valence-corrected chi connectivity index (χ3v) is 3.42. The number of aromatic amines is 1. The Balaban J connectivity index is 2.40. The van der Waals surface area contributed by atoms with Crippen molar-refractivity contribution in [2.24, 2.45) is 0 Å². The first-order valence-electron chi connectivity index (χ1n) is 5.59. The lowest BCUT2D eigenvalue weighted by atomic mass is 10.3. The van der Waals surface area contributed by atoms with Gasteiger partial charge in [0.15, 0.2) is 16.7 Å². The molecule has 0 bridgehead atoms. The van der Waals surface area contributed by atoms with Gasteiger partial charge in [0, 0.05) is 28.8 Å². The Morgan fingerprint density at radius 1 is 1.15 bits per heavy atom. The average molecular weight is 294 g/mol. The second kappa shape index (κ2) is 5.74. The van der Waals surface area contributed by atoms with Crippen molar-refractivity contribution in [2.75, 3.05) is 25.7 Å². The number of hydrogen-bond acceptors (Lipinski definition) is 7. The van der Waals surface area contributed by atoms with Crippen LogP contribution in [0.25, 0.3) is 0 Å². The SMILES string of the molecule is COc1cc(N)c(Sc2nc(N)cc(=O)[nH]2)cc1OC. The summed E-state index contributed by atoms with van der Waals surface area (Å²) in [4.78, 5) is 18.6. The van der Waals surface area contributed by atoms with Crippen LogP contribution in [0.5, 0.6) is 11.5 Å². The molecule has 2 rings (SSSR count). The van der Waals surface area contributed by atoms with Gasteiger partial charge < -0.3 is 25.9 Å². The van der Waals surface area contributed by atoms with Gasteiger partial charge >= 0.3 is 0 Å². The monoisotopic (exact) mass is 294 g/mol. The van der Waals surface area contributed by atoms with Gasteiger partial charge in [-0.2, -0.15) is 0 Å². The van der Waals surface area contributed by atoms with Crippen LogP contribution in [0, 0.1) is 0 Å². The van der Waals surface area contributed by atoms with Crippen LogP contribution >= 0.6 is 11.8 Å². The summed E-state index contributed by atoms with van der Waals surface area (Å²) >= 11 is 1.18. The number of H-pyrrole nitrogens is 1. The van der Waals surface area contributed by atoms with E-state index in [1.54, 1.807) is 12.1 Å². The van der Waals surface area contributed by atoms with Crippen LogP contribution in [0.2, 0.25) is 0 Å². The second-order valence-electron chi connectivity index (χ2n) is 3.82. The van der Waals surface area contributed by atoms with Crippen LogP contribution in [0.3, 0.4) is 0 Å². The van der Waals surface area contributed by atoms with Gasteiger partial charge in [-0.3, -0.25) is 4.79 Å². The van der Waals surface area contributed by atoms with E-state index in [2.05, 4.69) is 9.97 Å². The molecule has 8 heteroatoms. The van der Waals surface area contributed by atoms with Gasteiger partial charge in [0.25, 0.3) is 5.56 Å². The Kier molecular flexibility index (Phi) is 4.04. The van der Waals surface area contributed by atoms with Gasteiger partial charge in [0.05, 0.1) is 14.2 Å². The Morgan fingerprint density at radius 3 is 2.40 bits per heavy atom. The van der Waals surface area contributed by atoms with E-state index in [4.69, 9.17) is 20.9 Å². The van der Waals surface area contributed by atoms with E-state index in [0.717, 1.165) is 0 Å². The maximum Gasteiger partial charge on any atom is 0.253 e. The van der Waals surface area contributed by atoms with Crippen LogP contribution in [-0.4, -0.2) is 24.2 Å². The molecular formula is C12H14N4O3S. The highest BCUT2D eigenvalue weighted by Crippen LogP contribution is 2.38. The van der Waals surface area contributed by atoms with Crippen molar-refractivity contribution in [1.82, 2.24) is 9.97 Å². The molecule has 0 fully saturated rings. The molecule has 0 spiro atoms. The molecule has 0 atom stereocenters. The molecule has 5 N–H and O–H groups in total. The van der Waals surface area contributed by atoms with Crippen LogP contribution in [0.15, 0.2) is 33.0 Å². The quantitative estimate of drug-likeness (QED) is 0.571. The molecule has 0 unspecified atom stereocenters. The third kappa shape index (κ3) is 2.97. The normalized spacial score (nSPS) is 10.3. The fourth-order valence-corrected chi connectivity index (χ4v) is 2.42. The zero-order chi connectivity index (χ0) is 14.7. The zero-order valence-corrected chi connectivity index (χ0v) is 11.8. The van der Waals surface area contributed by atoms with Crippen molar-refractivity contribution in [2.45, 2.75) is 10.1 Å². The summed E-state index contributed by atoms with van der Waals surface area (Å²) in [6.07, 6.45) is 0. The van der Waals surface area contributed by atoms with Crippen molar-refractivity contribution in [3.05, 3.63) is 28.6 Å². The first-order valence-corrected chi connectivity index (χ1v) is 6.41. The number of benzene rings is 1. The van der Waals surface area contributed by atoms with Crippen LogP contribution in [0.4, 0.5) is 11.5 Å². The van der Waals surface area contributed by atoms with Crippen molar-refractivity contribution >= 4 is 23.3 Å². The number of aromatic nitrogens is 2. The maximum atomic E-state index is 11.3. The fourth-order valence-electron chi connectivity index (χ4n) is 1.57. The number of hydrogen-bond donors (Lipinski definition) is 3. The van der Waals surface area contributed by atoms with Crippen LogP contribution < -0.4 is 26.5 Å². The molecule has 0 aliphatic heterocycles. The van der Waals surface area contributed by atoms with Gasteiger partial charge in [0.2, 0.25) is 0 Å². The summed E-state index contributed by atoms with van der Waals surface area (Å²) < 4.78 is 10.4. The molecular weight excluding hydrogens is 280 g/mol. The van der Waals surface area contributed by atoms with Crippen molar-refractivity contribution in [3.63, 3.8) is 0 Å². The highest BCUT2D eigenvalue weighted by atomic mass is 32.2. The molecule has 0 amide bonds. The minimum atomic E-state index is -0.320. The second-order valence-corrected chi connectivity index (χ2v) is 4.85. The van der Waals surface area contributed by atoms with E-state index in [1.165, 1.54) is 32.0 Å². The standard InChI is InChI=1S/C12H14N4O3S/c1-18-7-3-6(13)9(4-8(7)19-2)20-12-15-10(14)5-11(17)16-12/h3-5H,13H2,1-2H3,(H3,14,15,16,17). The summed E-state index contributed by atoms with van der Waals surface area (Å²) in [7, 11) is 3.06. The molecule has 1 aromatic carbocycles. The smallest absolute Gasteiger partial charge is 0.253 e. The number of methoxy groups -OCH3 is 2. The molecule has 2 aromatic rings. The summed E-state index contributed by atoms with van der Waals surface area (Å²) in [5, 5.41) is 0.355. The highest BCUT2D eigenvalue weighted by Gasteiger charge is 2.11. The zero-order valence-electron chi connectivity index (χ0n) is 11.0. The molecule has 0 radical (unpaired) electrons. The third-order valence-electron chi connectivity index (χ3n) is 2.46. The fraction of sp³-hybridized carbons (Fsp3) is 0.167. The van der Waals surface area contributed by atoms with E-state index >= 15 is 0 Å². The molecule has 20 heavy (non-hydrogen) atoms. The number of nitrogens with one attached hydrogen (secondary N) is 1. The number of nitrogen functional groups attached to an aromatic ring is 2. The number of nitrogens with two attached hydrogens (primary N) is 2. The molecule has 0 saturated carbocycles. The lowest BCUT2D eigenvalue weighted by molar-refractivity contribution is 0.354.